The van der Waals surface area contributed by atoms with E-state index in [0.717, 1.165) is 19.4 Å². The van der Waals surface area contributed by atoms with Crippen molar-refractivity contribution in [3.05, 3.63) is 0 Å². The van der Waals surface area contributed by atoms with Gasteiger partial charge in [0.2, 0.25) is 0 Å². The van der Waals surface area contributed by atoms with Gasteiger partial charge in [-0.15, -0.1) is 0 Å². The normalized spacial score (nSPS) is 23.8. The predicted molar refractivity (Wildman–Crippen MR) is 80.5 cm³/mol. The van der Waals surface area contributed by atoms with Crippen LogP contribution in [0, 0.1) is 0 Å². The first-order valence-electron chi connectivity index (χ1n) is 7.98. The number of rotatable bonds is 4. The highest BCUT2D eigenvalue weighted by Crippen LogP contribution is 2.27. The molecule has 0 aromatic carbocycles. The second-order valence-corrected chi connectivity index (χ2v) is 7.43. The monoisotopic (exact) mass is 313 g/mol. The van der Waals surface area contributed by atoms with Gasteiger partial charge in [-0.2, -0.15) is 0 Å². The van der Waals surface area contributed by atoms with Gasteiger partial charge in [0.15, 0.2) is 0 Å². The van der Waals surface area contributed by atoms with E-state index in [0.29, 0.717) is 25.9 Å². The molecule has 0 aliphatic carbocycles. The molecule has 2 heterocycles. The molecule has 6 heteroatoms. The third-order valence-corrected chi connectivity index (χ3v) is 3.76. The number of ether oxygens (including phenoxy) is 3. The highest BCUT2D eigenvalue weighted by atomic mass is 16.6. The zero-order chi connectivity index (χ0) is 16.4. The number of nitrogens with zero attached hydrogens (tertiary/aromatic N) is 1. The molecule has 2 fully saturated rings. The van der Waals surface area contributed by atoms with Crippen LogP contribution in [0.25, 0.3) is 0 Å². The molecule has 0 saturated carbocycles. The highest BCUT2D eigenvalue weighted by molar-refractivity contribution is 5.72. The maximum Gasteiger partial charge on any atom is 0.410 e. The largest absolute Gasteiger partial charge is 0.456 e. The van der Waals surface area contributed by atoms with Crippen molar-refractivity contribution in [2.75, 3.05) is 19.7 Å². The summed E-state index contributed by atoms with van der Waals surface area (Å²) in [5, 5.41) is 0. The first kappa shape index (κ1) is 17.1. The van der Waals surface area contributed by atoms with Crippen LogP contribution in [0.3, 0.4) is 0 Å². The quantitative estimate of drug-likeness (QED) is 0.746. The van der Waals surface area contributed by atoms with Crippen LogP contribution < -0.4 is 0 Å². The van der Waals surface area contributed by atoms with Crippen molar-refractivity contribution in [3.63, 3.8) is 0 Å². The SMILES string of the molecule is CC(C)(C)OC(=O)N1CC(C)(OC(=O)CC[C@H]2CCCO2)C1. The van der Waals surface area contributed by atoms with Gasteiger partial charge in [0.05, 0.1) is 19.2 Å². The van der Waals surface area contributed by atoms with Crippen LogP contribution in [0.15, 0.2) is 0 Å². The van der Waals surface area contributed by atoms with Crippen LogP contribution in [0.4, 0.5) is 4.79 Å². The summed E-state index contributed by atoms with van der Waals surface area (Å²) in [6, 6.07) is 0. The molecule has 2 rings (SSSR count). The van der Waals surface area contributed by atoms with E-state index in [9.17, 15) is 9.59 Å². The minimum absolute atomic E-state index is 0.194. The summed E-state index contributed by atoms with van der Waals surface area (Å²) in [4.78, 5) is 25.3. The number of esters is 1. The molecule has 2 aliphatic rings. The topological polar surface area (TPSA) is 65.1 Å². The van der Waals surface area contributed by atoms with Gasteiger partial charge >= 0.3 is 12.1 Å². The van der Waals surface area contributed by atoms with E-state index in [1.807, 2.05) is 27.7 Å². The fraction of sp³-hybridized carbons (Fsp3) is 0.875. The minimum atomic E-state index is -0.593. The fourth-order valence-electron chi connectivity index (χ4n) is 2.76. The van der Waals surface area contributed by atoms with Crippen molar-refractivity contribution < 1.29 is 23.8 Å². The van der Waals surface area contributed by atoms with Crippen molar-refractivity contribution in [2.45, 2.75) is 70.7 Å². The Hall–Kier alpha value is -1.30. The molecular weight excluding hydrogens is 286 g/mol. The number of hydrogen-bond acceptors (Lipinski definition) is 5. The third kappa shape index (κ3) is 4.87. The molecule has 6 nitrogen and oxygen atoms in total. The van der Waals surface area contributed by atoms with Crippen LogP contribution in [0.2, 0.25) is 0 Å². The summed E-state index contributed by atoms with van der Waals surface area (Å²) in [6.45, 7) is 8.89. The Bertz CT molecular complexity index is 417. The molecular formula is C16H27NO5. The van der Waals surface area contributed by atoms with E-state index in [4.69, 9.17) is 14.2 Å². The van der Waals surface area contributed by atoms with E-state index in [1.165, 1.54) is 0 Å². The molecule has 0 aromatic heterocycles. The van der Waals surface area contributed by atoms with E-state index in [-0.39, 0.29) is 18.2 Å². The van der Waals surface area contributed by atoms with E-state index < -0.39 is 11.2 Å². The summed E-state index contributed by atoms with van der Waals surface area (Å²) >= 11 is 0. The lowest BCUT2D eigenvalue weighted by molar-refractivity contribution is -0.175. The van der Waals surface area contributed by atoms with Gasteiger partial charge in [-0.25, -0.2) is 4.79 Å². The predicted octanol–water partition coefficient (Wildman–Crippen LogP) is 2.50. The maximum absolute atomic E-state index is 11.9. The first-order valence-corrected chi connectivity index (χ1v) is 7.98. The Morgan fingerprint density at radius 1 is 1.32 bits per heavy atom. The van der Waals surface area contributed by atoms with Gasteiger partial charge in [0.25, 0.3) is 0 Å². The lowest BCUT2D eigenvalue weighted by atomic mass is 9.97. The molecule has 2 aliphatic heterocycles. The van der Waals surface area contributed by atoms with Crippen molar-refractivity contribution in [3.8, 4) is 0 Å². The number of hydrogen-bond donors (Lipinski definition) is 0. The molecule has 0 radical (unpaired) electrons. The Morgan fingerprint density at radius 2 is 2.00 bits per heavy atom. The molecule has 126 valence electrons. The number of amides is 1. The van der Waals surface area contributed by atoms with Crippen LogP contribution >= 0.6 is 0 Å². The van der Waals surface area contributed by atoms with Gasteiger partial charge in [-0.05, 0) is 47.0 Å². The molecule has 2 saturated heterocycles. The molecule has 0 aromatic rings. The summed E-state index contributed by atoms with van der Waals surface area (Å²) in [5.74, 6) is -0.221. The molecule has 0 bridgehead atoms. The van der Waals surface area contributed by atoms with Gasteiger partial charge in [0.1, 0.15) is 11.2 Å². The number of likely N-dealkylation sites (tertiary alicyclic amines) is 1. The van der Waals surface area contributed by atoms with Crippen molar-refractivity contribution >= 4 is 12.1 Å². The standard InChI is InChI=1S/C16H27NO5/c1-15(2,3)22-14(19)17-10-16(4,11-17)21-13(18)8-7-12-6-5-9-20-12/h12H,5-11H2,1-4H3/t12-/m1/s1. The molecule has 1 amide bonds. The zero-order valence-electron chi connectivity index (χ0n) is 14.0. The van der Waals surface area contributed by atoms with E-state index in [2.05, 4.69) is 0 Å². The smallest absolute Gasteiger partial charge is 0.410 e. The highest BCUT2D eigenvalue weighted by Gasteiger charge is 2.46. The Kier molecular flexibility index (Phi) is 5.00. The molecule has 0 spiro atoms. The molecule has 0 N–H and O–H groups in total. The van der Waals surface area contributed by atoms with Crippen molar-refractivity contribution in [1.82, 2.24) is 4.90 Å². The zero-order valence-corrected chi connectivity index (χ0v) is 14.0. The molecule has 0 unspecified atom stereocenters. The Labute approximate surface area is 132 Å². The fourth-order valence-corrected chi connectivity index (χ4v) is 2.76. The summed E-state index contributed by atoms with van der Waals surface area (Å²) in [7, 11) is 0. The average molecular weight is 313 g/mol. The summed E-state index contributed by atoms with van der Waals surface area (Å²) < 4.78 is 16.3. The van der Waals surface area contributed by atoms with E-state index in [1.54, 1.807) is 4.90 Å². The van der Waals surface area contributed by atoms with Gasteiger partial charge in [-0.3, -0.25) is 4.79 Å². The van der Waals surface area contributed by atoms with Gasteiger partial charge in [0, 0.05) is 13.0 Å². The second-order valence-electron chi connectivity index (χ2n) is 7.43. The minimum Gasteiger partial charge on any atom is -0.456 e. The first-order chi connectivity index (χ1) is 10.2. The second kappa shape index (κ2) is 6.44. The van der Waals surface area contributed by atoms with Crippen LogP contribution in [-0.2, 0) is 19.0 Å². The van der Waals surface area contributed by atoms with Gasteiger partial charge in [-0.1, -0.05) is 0 Å². The lowest BCUT2D eigenvalue weighted by Crippen LogP contribution is -2.64. The molecule has 1 atom stereocenters. The Balaban J connectivity index is 1.68. The summed E-state index contributed by atoms with van der Waals surface area (Å²) in [5.41, 5.74) is -1.11. The van der Waals surface area contributed by atoms with Gasteiger partial charge < -0.3 is 19.1 Å². The van der Waals surface area contributed by atoms with Crippen molar-refractivity contribution in [2.24, 2.45) is 0 Å². The average Bonchev–Trinajstić information content (AvgIpc) is 2.84. The number of carbonyl (C=O) groups excluding carboxylic acids is 2. The van der Waals surface area contributed by atoms with Crippen LogP contribution in [0.5, 0.6) is 0 Å². The Morgan fingerprint density at radius 3 is 2.55 bits per heavy atom. The number of carbonyl (C=O) groups is 2. The third-order valence-electron chi connectivity index (χ3n) is 3.76. The van der Waals surface area contributed by atoms with Crippen molar-refractivity contribution in [1.29, 1.82) is 0 Å². The summed E-state index contributed by atoms with van der Waals surface area (Å²) in [6.07, 6.45) is 3.01. The van der Waals surface area contributed by atoms with Crippen LogP contribution in [-0.4, -0.2) is 54.0 Å². The maximum atomic E-state index is 11.9. The van der Waals surface area contributed by atoms with Crippen LogP contribution in [0.1, 0.15) is 53.4 Å². The lowest BCUT2D eigenvalue weighted by Gasteiger charge is -2.46. The van der Waals surface area contributed by atoms with E-state index >= 15 is 0 Å². The molecule has 22 heavy (non-hydrogen) atoms.